The Kier molecular flexibility index (Phi) is 9.63. The smallest absolute Gasteiger partial charge is 0.339 e. The summed E-state index contributed by atoms with van der Waals surface area (Å²) in [6, 6.07) is 12.0. The summed E-state index contributed by atoms with van der Waals surface area (Å²) in [7, 11) is 0.616. The third-order valence-electron chi connectivity index (χ3n) is 7.80. The Hall–Kier alpha value is -3.83. The molecule has 11 heteroatoms. The van der Waals surface area contributed by atoms with Crippen LogP contribution in [0.2, 0.25) is 0 Å². The molecule has 0 spiro atoms. The summed E-state index contributed by atoms with van der Waals surface area (Å²) in [4.78, 5) is 25.0. The first-order valence-electron chi connectivity index (χ1n) is 13.7. The maximum atomic E-state index is 12.6. The van der Waals surface area contributed by atoms with E-state index in [9.17, 15) is 23.1 Å². The molecule has 42 heavy (non-hydrogen) atoms. The average molecular weight is 599 g/mol. The molecule has 10 nitrogen and oxygen atoms in total. The number of esters is 1. The van der Waals surface area contributed by atoms with Crippen LogP contribution in [0.3, 0.4) is 0 Å². The van der Waals surface area contributed by atoms with Crippen molar-refractivity contribution in [3.63, 3.8) is 0 Å². The van der Waals surface area contributed by atoms with Gasteiger partial charge in [0.2, 0.25) is 15.9 Å². The zero-order chi connectivity index (χ0) is 30.6. The van der Waals surface area contributed by atoms with Crippen molar-refractivity contribution >= 4 is 21.9 Å². The molecule has 2 aromatic carbocycles. The molecule has 0 saturated heterocycles. The molecule has 2 N–H and O–H groups in total. The van der Waals surface area contributed by atoms with Gasteiger partial charge in [-0.3, -0.25) is 9.52 Å². The van der Waals surface area contributed by atoms with Gasteiger partial charge < -0.3 is 23.9 Å². The third kappa shape index (κ3) is 7.32. The molecule has 2 atom stereocenters. The molecule has 1 amide bonds. The number of nitrogens with one attached hydrogen (secondary N) is 1. The molecule has 0 saturated carbocycles. The van der Waals surface area contributed by atoms with Gasteiger partial charge in [-0.15, -0.1) is 0 Å². The summed E-state index contributed by atoms with van der Waals surface area (Å²) in [6.07, 6.45) is 5.34. The Morgan fingerprint density at radius 3 is 2.17 bits per heavy atom. The molecule has 4 rings (SSSR count). The number of aliphatic hydroxyl groups is 1. The lowest BCUT2D eigenvalue weighted by Gasteiger charge is -2.27. The van der Waals surface area contributed by atoms with Crippen molar-refractivity contribution in [2.45, 2.75) is 45.3 Å². The van der Waals surface area contributed by atoms with Crippen LogP contribution in [0, 0.1) is 18.8 Å². The van der Waals surface area contributed by atoms with E-state index in [1.165, 1.54) is 18.2 Å². The SMILES string of the molecule is COC(=O)c1cn(C[C@@H](CC2Cc3ccccc3C2)[C@H](O)c2cc(OC)c(C)c(OC)c2)cc1CC(=O)NS(C)(=O)=O. The monoisotopic (exact) mass is 598 g/mol. The number of nitrogens with zero attached hydrogens (tertiary/aromatic N) is 1. The molecular formula is C31H38N2O8S. The van der Waals surface area contributed by atoms with E-state index in [4.69, 9.17) is 14.2 Å². The van der Waals surface area contributed by atoms with Crippen molar-refractivity contribution in [3.8, 4) is 11.5 Å². The molecule has 226 valence electrons. The molecule has 1 heterocycles. The normalized spacial score (nSPS) is 14.6. The Morgan fingerprint density at radius 2 is 1.64 bits per heavy atom. The second kappa shape index (κ2) is 13.0. The van der Waals surface area contributed by atoms with E-state index in [2.05, 4.69) is 12.1 Å². The van der Waals surface area contributed by atoms with E-state index in [1.807, 2.05) is 35.9 Å². The second-order valence-electron chi connectivity index (χ2n) is 10.9. The largest absolute Gasteiger partial charge is 0.496 e. The minimum absolute atomic E-state index is 0.154. The predicted molar refractivity (Wildman–Crippen MR) is 157 cm³/mol. The van der Waals surface area contributed by atoms with Gasteiger partial charge in [-0.1, -0.05) is 24.3 Å². The van der Waals surface area contributed by atoms with Gasteiger partial charge in [0.1, 0.15) is 11.5 Å². The highest BCUT2D eigenvalue weighted by molar-refractivity contribution is 7.89. The van der Waals surface area contributed by atoms with Crippen molar-refractivity contribution in [2.75, 3.05) is 27.6 Å². The number of carbonyl (C=O) groups is 2. The van der Waals surface area contributed by atoms with Crippen LogP contribution in [0.4, 0.5) is 0 Å². The fraction of sp³-hybridized carbons (Fsp3) is 0.419. The Balaban J connectivity index is 1.67. The standard InChI is InChI=1S/C31H38N2O8S/c1-19-27(39-2)13-23(14-28(19)40-3)30(35)25(12-20-10-21-8-6-7-9-22(21)11-20)17-33-16-24(26(18-33)31(36)41-4)15-29(34)32-42(5,37)38/h6-9,13-14,16,18,20,25,30,35H,10-12,15,17H2,1-5H3,(H,32,34)/t25-,30-/m1/s1. The van der Waals surface area contributed by atoms with Gasteiger partial charge in [-0.05, 0) is 66.5 Å². The number of benzene rings is 2. The maximum Gasteiger partial charge on any atom is 0.339 e. The van der Waals surface area contributed by atoms with Gasteiger partial charge in [-0.25, -0.2) is 13.2 Å². The number of hydrogen-bond donors (Lipinski definition) is 2. The molecule has 1 aliphatic rings. The summed E-state index contributed by atoms with van der Waals surface area (Å²) in [6.45, 7) is 2.21. The number of carbonyl (C=O) groups excluding carboxylic acids is 2. The number of rotatable bonds is 12. The van der Waals surface area contributed by atoms with Crippen molar-refractivity contribution < 1.29 is 37.3 Å². The number of amides is 1. The van der Waals surface area contributed by atoms with Gasteiger partial charge in [0, 0.05) is 30.4 Å². The molecule has 0 bridgehead atoms. The Bertz CT molecular complexity index is 1510. The van der Waals surface area contributed by atoms with E-state index in [0.717, 1.165) is 24.7 Å². The predicted octanol–water partition coefficient (Wildman–Crippen LogP) is 3.37. The van der Waals surface area contributed by atoms with Crippen molar-refractivity contribution in [1.82, 2.24) is 9.29 Å². The molecule has 0 fully saturated rings. The molecule has 3 aromatic rings. The molecule has 0 aliphatic heterocycles. The minimum Gasteiger partial charge on any atom is -0.496 e. The van der Waals surface area contributed by atoms with Gasteiger partial charge in [0.15, 0.2) is 0 Å². The van der Waals surface area contributed by atoms with Crippen LogP contribution in [0.5, 0.6) is 11.5 Å². The zero-order valence-electron chi connectivity index (χ0n) is 24.5. The highest BCUT2D eigenvalue weighted by Gasteiger charge is 2.31. The molecule has 1 aliphatic carbocycles. The molecule has 1 aromatic heterocycles. The van der Waals surface area contributed by atoms with Crippen LogP contribution in [0.25, 0.3) is 0 Å². The van der Waals surface area contributed by atoms with Crippen LogP contribution in [-0.4, -0.2) is 57.6 Å². The van der Waals surface area contributed by atoms with E-state index in [-0.39, 0.29) is 17.9 Å². The summed E-state index contributed by atoms with van der Waals surface area (Å²) in [5.41, 5.74) is 4.56. The van der Waals surface area contributed by atoms with Crippen molar-refractivity contribution in [3.05, 3.63) is 82.2 Å². The van der Waals surface area contributed by atoms with Crippen LogP contribution in [0.15, 0.2) is 48.8 Å². The topological polar surface area (TPSA) is 133 Å². The van der Waals surface area contributed by atoms with Crippen LogP contribution < -0.4 is 14.2 Å². The fourth-order valence-electron chi connectivity index (χ4n) is 5.88. The summed E-state index contributed by atoms with van der Waals surface area (Å²) >= 11 is 0. The zero-order valence-corrected chi connectivity index (χ0v) is 25.4. The number of hydrogen-bond acceptors (Lipinski definition) is 8. The fourth-order valence-corrected chi connectivity index (χ4v) is 6.37. The molecule has 0 radical (unpaired) electrons. The lowest BCUT2D eigenvalue weighted by atomic mass is 9.85. The van der Waals surface area contributed by atoms with E-state index in [0.29, 0.717) is 41.5 Å². The first-order valence-corrected chi connectivity index (χ1v) is 15.6. The van der Waals surface area contributed by atoms with Crippen LogP contribution in [0.1, 0.15) is 50.7 Å². The van der Waals surface area contributed by atoms with E-state index < -0.39 is 28.0 Å². The number of aromatic nitrogens is 1. The molecular weight excluding hydrogens is 560 g/mol. The van der Waals surface area contributed by atoms with Crippen molar-refractivity contribution in [1.29, 1.82) is 0 Å². The maximum absolute atomic E-state index is 12.6. The first kappa shape index (κ1) is 31.1. The average Bonchev–Trinajstić information content (AvgIpc) is 3.54. The number of methoxy groups -OCH3 is 3. The van der Waals surface area contributed by atoms with Crippen LogP contribution in [-0.2, 0) is 45.4 Å². The van der Waals surface area contributed by atoms with Crippen molar-refractivity contribution in [2.24, 2.45) is 11.8 Å². The summed E-state index contributed by atoms with van der Waals surface area (Å²) in [5, 5.41) is 11.8. The number of ether oxygens (including phenoxy) is 3. The first-order chi connectivity index (χ1) is 19.9. The van der Waals surface area contributed by atoms with Gasteiger partial charge in [0.05, 0.1) is 45.7 Å². The third-order valence-corrected chi connectivity index (χ3v) is 8.40. The van der Waals surface area contributed by atoms with Gasteiger partial charge in [0.25, 0.3) is 0 Å². The van der Waals surface area contributed by atoms with Gasteiger partial charge in [-0.2, -0.15) is 0 Å². The lowest BCUT2D eigenvalue weighted by Crippen LogP contribution is -2.30. The summed E-state index contributed by atoms with van der Waals surface area (Å²) < 4.78 is 42.8. The highest BCUT2D eigenvalue weighted by atomic mass is 32.2. The highest BCUT2D eigenvalue weighted by Crippen LogP contribution is 2.39. The Labute approximate surface area is 246 Å². The van der Waals surface area contributed by atoms with E-state index >= 15 is 0 Å². The molecule has 0 unspecified atom stereocenters. The van der Waals surface area contributed by atoms with Crippen LogP contribution >= 0.6 is 0 Å². The van der Waals surface area contributed by atoms with E-state index in [1.54, 1.807) is 31.2 Å². The van der Waals surface area contributed by atoms with Gasteiger partial charge >= 0.3 is 5.97 Å². The second-order valence-corrected chi connectivity index (χ2v) is 12.6. The lowest BCUT2D eigenvalue weighted by molar-refractivity contribution is -0.118. The number of sulfonamides is 1. The minimum atomic E-state index is -3.76. The Morgan fingerprint density at radius 1 is 1.05 bits per heavy atom. The number of aliphatic hydroxyl groups excluding tert-OH is 1. The quantitative estimate of drug-likeness (QED) is 0.303. The number of fused-ring (bicyclic) bond motifs is 1. The summed E-state index contributed by atoms with van der Waals surface area (Å²) in [5.74, 6) is -0.206.